The second-order valence-corrected chi connectivity index (χ2v) is 7.87. The maximum Gasteiger partial charge on any atom is 0.416 e. The summed E-state index contributed by atoms with van der Waals surface area (Å²) in [6.45, 7) is 0. The van der Waals surface area contributed by atoms with Crippen molar-refractivity contribution in [3.8, 4) is 23.0 Å². The van der Waals surface area contributed by atoms with Crippen molar-refractivity contribution in [2.45, 2.75) is 19.0 Å². The van der Waals surface area contributed by atoms with Crippen LogP contribution in [0.1, 0.15) is 16.7 Å². The third kappa shape index (κ3) is 5.71. The normalized spacial score (nSPS) is 11.3. The van der Waals surface area contributed by atoms with Gasteiger partial charge in [-0.25, -0.2) is 0 Å². The molecule has 1 heterocycles. The number of benzene rings is 3. The van der Waals surface area contributed by atoms with E-state index in [4.69, 9.17) is 14.2 Å². The number of halogens is 3. The number of alkyl halides is 3. The van der Waals surface area contributed by atoms with Gasteiger partial charge in [0.1, 0.15) is 17.3 Å². The van der Waals surface area contributed by atoms with E-state index in [9.17, 15) is 18.0 Å². The van der Waals surface area contributed by atoms with Gasteiger partial charge in [-0.15, -0.1) is 0 Å². The summed E-state index contributed by atoms with van der Waals surface area (Å²) < 4.78 is 54.8. The van der Waals surface area contributed by atoms with E-state index < -0.39 is 11.7 Å². The highest BCUT2D eigenvalue weighted by Gasteiger charge is 2.30. The minimum absolute atomic E-state index is 0.0602. The number of fused-ring (bicyclic) bond motifs is 1. The fourth-order valence-corrected chi connectivity index (χ4v) is 3.67. The lowest BCUT2D eigenvalue weighted by Gasteiger charge is -2.12. The van der Waals surface area contributed by atoms with Crippen LogP contribution in [-0.2, 0) is 23.8 Å². The average Bonchev–Trinajstić information content (AvgIpc) is 2.84. The highest BCUT2D eigenvalue weighted by Crippen LogP contribution is 2.37. The molecular weight excluding hydrogens is 459 g/mol. The fraction of sp³-hybridized carbons (Fsp3) is 0.185. The van der Waals surface area contributed by atoms with Crippen LogP contribution in [-0.4, -0.2) is 25.0 Å². The molecule has 0 bridgehead atoms. The van der Waals surface area contributed by atoms with Crippen molar-refractivity contribution in [2.24, 2.45) is 0 Å². The fourth-order valence-electron chi connectivity index (χ4n) is 3.67. The Morgan fingerprint density at radius 3 is 1.94 bits per heavy atom. The van der Waals surface area contributed by atoms with E-state index in [2.05, 4.69) is 4.98 Å². The Labute approximate surface area is 200 Å². The summed E-state index contributed by atoms with van der Waals surface area (Å²) in [4.78, 5) is 16.8. The highest BCUT2D eigenvalue weighted by atomic mass is 19.4. The van der Waals surface area contributed by atoms with E-state index >= 15 is 0 Å². The van der Waals surface area contributed by atoms with Crippen LogP contribution in [0.4, 0.5) is 13.2 Å². The molecule has 0 amide bonds. The number of ketones is 1. The molecule has 35 heavy (non-hydrogen) atoms. The molecular formula is C27H22F3NO4. The summed E-state index contributed by atoms with van der Waals surface area (Å²) >= 11 is 0. The zero-order chi connectivity index (χ0) is 25.0. The molecule has 0 spiro atoms. The van der Waals surface area contributed by atoms with Gasteiger partial charge in [0, 0.05) is 30.5 Å². The Bertz CT molecular complexity index is 1330. The summed E-state index contributed by atoms with van der Waals surface area (Å²) in [7, 11) is 3.11. The standard InChI is InChI=1S/C27H22F3NO4/c1-33-25-15-22-23(16-26(25)34-2)31-12-11-24(22)35-21-9-5-18(6-10-21)14-20(32)13-17-3-7-19(8-4-17)27(28,29)30/h3-12,15-16H,13-14H2,1-2H3. The van der Waals surface area contributed by atoms with Crippen molar-refractivity contribution in [1.82, 2.24) is 4.98 Å². The SMILES string of the molecule is COc1cc2nccc(Oc3ccc(CC(=O)Cc4ccc(C(F)(F)F)cc4)cc3)c2cc1OC. The Morgan fingerprint density at radius 2 is 1.37 bits per heavy atom. The number of aromatic nitrogens is 1. The number of ether oxygens (including phenoxy) is 3. The molecule has 0 aliphatic rings. The number of methoxy groups -OCH3 is 2. The largest absolute Gasteiger partial charge is 0.493 e. The molecule has 0 aliphatic carbocycles. The number of rotatable bonds is 8. The molecule has 0 unspecified atom stereocenters. The predicted octanol–water partition coefficient (Wildman–Crippen LogP) is 6.42. The minimum Gasteiger partial charge on any atom is -0.493 e. The number of Topliss-reactive ketones (excluding diaryl/α,β-unsaturated/α-hetero) is 1. The van der Waals surface area contributed by atoms with Gasteiger partial charge in [0.25, 0.3) is 0 Å². The molecule has 0 saturated carbocycles. The highest BCUT2D eigenvalue weighted by molar-refractivity contribution is 5.88. The van der Waals surface area contributed by atoms with E-state index in [1.165, 1.54) is 12.1 Å². The molecule has 0 fully saturated rings. The molecule has 1 aromatic heterocycles. The first-order valence-electron chi connectivity index (χ1n) is 10.7. The minimum atomic E-state index is -4.40. The molecule has 0 saturated heterocycles. The Kier molecular flexibility index (Phi) is 6.91. The van der Waals surface area contributed by atoms with E-state index in [1.54, 1.807) is 62.9 Å². The third-order valence-corrected chi connectivity index (χ3v) is 5.44. The average molecular weight is 481 g/mol. The molecule has 0 radical (unpaired) electrons. The second-order valence-electron chi connectivity index (χ2n) is 7.87. The van der Waals surface area contributed by atoms with Crippen LogP contribution in [0, 0.1) is 0 Å². The molecule has 3 aromatic carbocycles. The van der Waals surface area contributed by atoms with Gasteiger partial charge < -0.3 is 14.2 Å². The van der Waals surface area contributed by atoms with Gasteiger partial charge in [-0.05, 0) is 47.5 Å². The van der Waals surface area contributed by atoms with E-state index in [0.717, 1.165) is 23.1 Å². The van der Waals surface area contributed by atoms with Gasteiger partial charge >= 0.3 is 6.18 Å². The summed E-state index contributed by atoms with van der Waals surface area (Å²) in [6, 6.07) is 17.0. The molecule has 0 atom stereocenters. The van der Waals surface area contributed by atoms with Crippen molar-refractivity contribution in [1.29, 1.82) is 0 Å². The number of carbonyl (C=O) groups excluding carboxylic acids is 1. The lowest BCUT2D eigenvalue weighted by molar-refractivity contribution is -0.137. The lowest BCUT2D eigenvalue weighted by Crippen LogP contribution is -2.08. The molecule has 180 valence electrons. The molecule has 4 aromatic rings. The molecule has 0 aliphatic heterocycles. The zero-order valence-electron chi connectivity index (χ0n) is 19.1. The number of hydrogen-bond acceptors (Lipinski definition) is 5. The number of pyridine rings is 1. The first-order valence-corrected chi connectivity index (χ1v) is 10.7. The van der Waals surface area contributed by atoms with E-state index in [1.807, 2.05) is 0 Å². The Balaban J connectivity index is 1.43. The van der Waals surface area contributed by atoms with Gasteiger partial charge in [0.2, 0.25) is 0 Å². The van der Waals surface area contributed by atoms with E-state index in [-0.39, 0.29) is 18.6 Å². The van der Waals surface area contributed by atoms with Crippen molar-refractivity contribution in [2.75, 3.05) is 14.2 Å². The van der Waals surface area contributed by atoms with Crippen LogP contribution in [0.15, 0.2) is 72.9 Å². The lowest BCUT2D eigenvalue weighted by atomic mass is 10.0. The van der Waals surface area contributed by atoms with Crippen molar-refractivity contribution in [3.05, 3.63) is 89.6 Å². The number of hydrogen-bond donors (Lipinski definition) is 0. The maximum atomic E-state index is 12.7. The van der Waals surface area contributed by atoms with Crippen LogP contribution in [0.25, 0.3) is 10.9 Å². The molecule has 8 heteroatoms. The van der Waals surface area contributed by atoms with Gasteiger partial charge in [-0.3, -0.25) is 9.78 Å². The van der Waals surface area contributed by atoms with Gasteiger partial charge in [-0.2, -0.15) is 13.2 Å². The zero-order valence-corrected chi connectivity index (χ0v) is 19.1. The van der Waals surface area contributed by atoms with Crippen LogP contribution in [0.2, 0.25) is 0 Å². The van der Waals surface area contributed by atoms with Crippen LogP contribution < -0.4 is 14.2 Å². The summed E-state index contributed by atoms with van der Waals surface area (Å²) in [5, 5.41) is 0.751. The Hall–Kier alpha value is -4.07. The Morgan fingerprint density at radius 1 is 0.800 bits per heavy atom. The first-order chi connectivity index (χ1) is 16.8. The maximum absolute atomic E-state index is 12.7. The van der Waals surface area contributed by atoms with Crippen molar-refractivity contribution >= 4 is 16.7 Å². The topological polar surface area (TPSA) is 57.7 Å². The van der Waals surface area contributed by atoms with E-state index in [0.29, 0.717) is 34.1 Å². The number of nitrogens with zero attached hydrogens (tertiary/aromatic N) is 1. The van der Waals surface area contributed by atoms with Crippen LogP contribution in [0.3, 0.4) is 0 Å². The number of carbonyl (C=O) groups is 1. The second kappa shape index (κ2) is 10.0. The van der Waals surface area contributed by atoms with Gasteiger partial charge in [0.15, 0.2) is 11.5 Å². The van der Waals surface area contributed by atoms with Crippen LogP contribution in [0.5, 0.6) is 23.0 Å². The summed E-state index contributed by atoms with van der Waals surface area (Å²) in [6.07, 6.45) is -2.53. The summed E-state index contributed by atoms with van der Waals surface area (Å²) in [5.74, 6) is 2.18. The van der Waals surface area contributed by atoms with Gasteiger partial charge in [-0.1, -0.05) is 24.3 Å². The quantitative estimate of drug-likeness (QED) is 0.291. The monoisotopic (exact) mass is 481 g/mol. The summed E-state index contributed by atoms with van der Waals surface area (Å²) in [5.41, 5.74) is 1.27. The molecule has 5 nitrogen and oxygen atoms in total. The smallest absolute Gasteiger partial charge is 0.416 e. The van der Waals surface area contributed by atoms with Crippen molar-refractivity contribution in [3.63, 3.8) is 0 Å². The predicted molar refractivity (Wildman–Crippen MR) is 125 cm³/mol. The molecule has 4 rings (SSSR count). The molecule has 0 N–H and O–H groups in total. The van der Waals surface area contributed by atoms with Crippen LogP contribution >= 0.6 is 0 Å². The first kappa shape index (κ1) is 24.1. The van der Waals surface area contributed by atoms with Crippen molar-refractivity contribution < 1.29 is 32.2 Å². The van der Waals surface area contributed by atoms with Gasteiger partial charge in [0.05, 0.1) is 25.3 Å². The third-order valence-electron chi connectivity index (χ3n) is 5.44.